The first-order chi connectivity index (χ1) is 17.3. The van der Waals surface area contributed by atoms with Gasteiger partial charge < -0.3 is 4.74 Å². The molecule has 1 aromatic heterocycles. The van der Waals surface area contributed by atoms with Crippen LogP contribution in [0.2, 0.25) is 0 Å². The van der Waals surface area contributed by atoms with Crippen LogP contribution in [0.3, 0.4) is 0 Å². The summed E-state index contributed by atoms with van der Waals surface area (Å²) in [6.45, 7) is 4.54. The highest BCUT2D eigenvalue weighted by molar-refractivity contribution is 7.89. The molecule has 3 rings (SSSR count). The molecule has 3 aromatic rings. The van der Waals surface area contributed by atoms with E-state index in [2.05, 4.69) is 38.1 Å². The Morgan fingerprint density at radius 1 is 0.892 bits per heavy atom. The van der Waals surface area contributed by atoms with Crippen molar-refractivity contribution in [2.75, 3.05) is 6.61 Å². The number of hydrogen-bond acceptors (Lipinski definition) is 8. The Bertz CT molecular complexity index is 1250. The highest BCUT2D eigenvalue weighted by Gasteiger charge is 2.21. The van der Waals surface area contributed by atoms with Gasteiger partial charge in [-0.15, -0.1) is 10.2 Å². The molecule has 12 heteroatoms. The first-order valence-corrected chi connectivity index (χ1v) is 14.1. The number of aromatic nitrogens is 1. The zero-order chi connectivity index (χ0) is 27.6. The van der Waals surface area contributed by atoms with E-state index in [0.29, 0.717) is 6.42 Å². The molecule has 0 atom stereocenters. The van der Waals surface area contributed by atoms with Gasteiger partial charge in [0.05, 0.1) is 11.5 Å². The number of aryl methyl sites for hydroxylation is 2. The maximum atomic E-state index is 12.5. The third kappa shape index (κ3) is 10.5. The van der Waals surface area contributed by atoms with Crippen LogP contribution in [0.25, 0.3) is 11.1 Å². The van der Waals surface area contributed by atoms with E-state index in [1.54, 1.807) is 12.1 Å². The summed E-state index contributed by atoms with van der Waals surface area (Å²) in [5.74, 6) is -0.298. The molecule has 0 bridgehead atoms. The molecule has 0 radical (unpaired) electrons. The molecule has 0 amide bonds. The molecular weight excluding hydrogens is 524 g/mol. The number of halogens is 1. The van der Waals surface area contributed by atoms with Crippen molar-refractivity contribution in [1.82, 2.24) is 0 Å². The second kappa shape index (κ2) is 13.6. The van der Waals surface area contributed by atoms with E-state index in [1.807, 2.05) is 22.8 Å². The van der Waals surface area contributed by atoms with Crippen molar-refractivity contribution in [3.8, 4) is 11.1 Å². The third-order valence-electron chi connectivity index (χ3n) is 5.36. The Hall–Kier alpha value is -2.90. The van der Waals surface area contributed by atoms with E-state index >= 15 is 0 Å². The van der Waals surface area contributed by atoms with Crippen molar-refractivity contribution in [1.29, 1.82) is 0 Å². The second-order valence-corrected chi connectivity index (χ2v) is 10.2. The van der Waals surface area contributed by atoms with Gasteiger partial charge in [-0.2, -0.15) is 4.57 Å². The van der Waals surface area contributed by atoms with E-state index in [0.717, 1.165) is 40.9 Å². The summed E-state index contributed by atoms with van der Waals surface area (Å²) in [7, 11) is -8.65. The van der Waals surface area contributed by atoms with Gasteiger partial charge in [-0.1, -0.05) is 56.3 Å². The Balaban J connectivity index is 0.000000877. The van der Waals surface area contributed by atoms with E-state index in [9.17, 15) is 13.2 Å². The molecule has 10 nitrogen and oxygen atoms in total. The lowest BCUT2D eigenvalue weighted by molar-refractivity contribution is -2.00. The number of carbonyl (C=O) groups is 1. The molecular formula is C25H29ClN2O8S. The van der Waals surface area contributed by atoms with Gasteiger partial charge in [0.1, 0.15) is 0 Å². The number of benzene rings is 2. The molecule has 0 aliphatic heterocycles. The Kier molecular flexibility index (Phi) is 11.1. The highest BCUT2D eigenvalue weighted by Crippen LogP contribution is 2.20. The normalized spacial score (nSPS) is 11.4. The zero-order valence-electron chi connectivity index (χ0n) is 20.5. The first-order valence-electron chi connectivity index (χ1n) is 11.3. The molecule has 0 saturated carbocycles. The lowest BCUT2D eigenvalue weighted by atomic mass is 10.0. The van der Waals surface area contributed by atoms with Crippen LogP contribution in [0.5, 0.6) is 0 Å². The van der Waals surface area contributed by atoms with Crippen LogP contribution in [-0.4, -0.2) is 21.0 Å². The summed E-state index contributed by atoms with van der Waals surface area (Å²) >= 11 is 0. The SMILES string of the molecule is CCc1cc(-c2ccccc2)cc(CC)[n+]1CC(=O)OCCc1ccc(S(N)(=O)=O)cc1.[O-][Cl+3]([O-])([O-])[O-]. The van der Waals surface area contributed by atoms with Crippen molar-refractivity contribution < 1.29 is 51.4 Å². The van der Waals surface area contributed by atoms with Gasteiger partial charge in [0, 0.05) is 31.4 Å². The lowest BCUT2D eigenvalue weighted by Gasteiger charge is -2.17. The minimum atomic E-state index is -4.94. The molecule has 0 spiro atoms. The predicted octanol–water partition coefficient (Wildman–Crippen LogP) is -1.56. The van der Waals surface area contributed by atoms with Crippen molar-refractivity contribution in [2.24, 2.45) is 5.14 Å². The topological polar surface area (TPSA) is 183 Å². The van der Waals surface area contributed by atoms with Crippen molar-refractivity contribution in [3.05, 3.63) is 83.7 Å². The highest BCUT2D eigenvalue weighted by atomic mass is 35.7. The van der Waals surface area contributed by atoms with Gasteiger partial charge in [0.15, 0.2) is 11.4 Å². The van der Waals surface area contributed by atoms with Crippen molar-refractivity contribution >= 4 is 16.0 Å². The van der Waals surface area contributed by atoms with E-state index in [-0.39, 0.29) is 24.0 Å². The van der Waals surface area contributed by atoms with Crippen LogP contribution in [0, 0.1) is 10.2 Å². The molecule has 0 fully saturated rings. The number of primary sulfonamides is 1. The minimum Gasteiger partial charge on any atom is -0.461 e. The number of ether oxygens (including phenoxy) is 1. The molecule has 1 heterocycles. The quantitative estimate of drug-likeness (QED) is 0.244. The summed E-state index contributed by atoms with van der Waals surface area (Å²) in [6, 6.07) is 20.7. The summed E-state index contributed by atoms with van der Waals surface area (Å²) < 4.78 is 64.1. The maximum absolute atomic E-state index is 12.5. The van der Waals surface area contributed by atoms with Gasteiger partial charge in [-0.25, -0.2) is 37.0 Å². The molecule has 0 aliphatic carbocycles. The molecule has 0 aliphatic rings. The van der Waals surface area contributed by atoms with Crippen LogP contribution in [-0.2, 0) is 45.4 Å². The first kappa shape index (κ1) is 30.3. The molecule has 0 saturated heterocycles. The van der Waals surface area contributed by atoms with Crippen LogP contribution in [0.1, 0.15) is 30.8 Å². The summed E-state index contributed by atoms with van der Waals surface area (Å²) in [5, 5.41) is 5.11. The number of nitrogens with two attached hydrogens (primary N) is 1. The number of hydrogen-bond donors (Lipinski definition) is 1. The van der Waals surface area contributed by atoms with Crippen LogP contribution < -0.4 is 28.3 Å². The van der Waals surface area contributed by atoms with Gasteiger partial charge in [0.25, 0.3) is 0 Å². The molecule has 200 valence electrons. The van der Waals surface area contributed by atoms with Crippen LogP contribution in [0.15, 0.2) is 71.6 Å². The molecule has 2 aromatic carbocycles. The third-order valence-corrected chi connectivity index (χ3v) is 6.29. The van der Waals surface area contributed by atoms with Gasteiger partial charge in [0.2, 0.25) is 16.6 Å². The van der Waals surface area contributed by atoms with Gasteiger partial charge >= 0.3 is 5.97 Å². The number of pyridine rings is 1. The summed E-state index contributed by atoms with van der Waals surface area (Å²) in [4.78, 5) is 12.6. The van der Waals surface area contributed by atoms with E-state index in [4.69, 9.17) is 28.5 Å². The number of nitrogens with zero attached hydrogens (tertiary/aromatic N) is 1. The Morgan fingerprint density at radius 2 is 1.41 bits per heavy atom. The fraction of sp³-hybridized carbons (Fsp3) is 0.280. The fourth-order valence-corrected chi connectivity index (χ4v) is 4.15. The largest absolute Gasteiger partial charge is 0.461 e. The van der Waals surface area contributed by atoms with Crippen molar-refractivity contribution in [3.63, 3.8) is 0 Å². The Labute approximate surface area is 218 Å². The zero-order valence-corrected chi connectivity index (χ0v) is 22.0. The summed E-state index contributed by atoms with van der Waals surface area (Å²) in [5.41, 5.74) is 5.33. The van der Waals surface area contributed by atoms with Crippen LogP contribution in [0.4, 0.5) is 0 Å². The van der Waals surface area contributed by atoms with E-state index < -0.39 is 20.3 Å². The minimum absolute atomic E-state index is 0.0628. The van der Waals surface area contributed by atoms with Gasteiger partial charge in [-0.05, 0) is 28.8 Å². The fourth-order valence-electron chi connectivity index (χ4n) is 3.63. The smallest absolute Gasteiger partial charge is 0.372 e. The number of esters is 1. The molecule has 0 unspecified atom stereocenters. The van der Waals surface area contributed by atoms with Crippen LogP contribution >= 0.6 is 0 Å². The summed E-state index contributed by atoms with van der Waals surface area (Å²) in [6.07, 6.45) is 2.10. The monoisotopic (exact) mass is 552 g/mol. The second-order valence-electron chi connectivity index (χ2n) is 7.92. The Morgan fingerprint density at radius 3 is 1.86 bits per heavy atom. The van der Waals surface area contributed by atoms with Gasteiger partial charge in [-0.3, -0.25) is 0 Å². The average molecular weight is 553 g/mol. The predicted molar refractivity (Wildman–Crippen MR) is 123 cm³/mol. The maximum Gasteiger partial charge on any atom is 0.372 e. The number of rotatable bonds is 9. The van der Waals surface area contributed by atoms with E-state index in [1.165, 1.54) is 12.1 Å². The molecule has 2 N–H and O–H groups in total. The molecule has 37 heavy (non-hydrogen) atoms. The number of sulfonamides is 1. The standard InChI is InChI=1S/C25H29N2O4S.ClHO4/c1-3-22-16-21(20-8-6-5-7-9-20)17-23(4-2)27(22)18-25(28)31-15-14-19-10-12-24(13-11-19)32(26,29)30;2-1(3,4)5/h5-13,16-17H,3-4,14-15,18H2,1-2H3,(H2,26,29,30);(H,2,3,4,5)/q+1;/p-1. The van der Waals surface area contributed by atoms with Crippen molar-refractivity contribution in [2.45, 2.75) is 44.6 Å². The number of carbonyl (C=O) groups excluding carboxylic acids is 1. The average Bonchev–Trinajstić information content (AvgIpc) is 2.83. The lowest BCUT2D eigenvalue weighted by Crippen LogP contribution is -2.68.